The molecule has 10 rings (SSSR count). The summed E-state index contributed by atoms with van der Waals surface area (Å²) in [6, 6.07) is 43.6. The van der Waals surface area contributed by atoms with Gasteiger partial charge < -0.3 is 4.57 Å². The van der Waals surface area contributed by atoms with Crippen molar-refractivity contribution in [3.05, 3.63) is 138 Å². The molecule has 6 aromatic carbocycles. The number of benzene rings is 6. The smallest absolute Gasteiger partial charge is 0.0747 e. The van der Waals surface area contributed by atoms with Gasteiger partial charge in [-0.2, -0.15) is 0 Å². The van der Waals surface area contributed by atoms with Crippen LogP contribution >= 0.6 is 0 Å². The van der Waals surface area contributed by atoms with Gasteiger partial charge in [-0.3, -0.25) is 0 Å². The van der Waals surface area contributed by atoms with Crippen molar-refractivity contribution in [2.24, 2.45) is 0 Å². The van der Waals surface area contributed by atoms with E-state index in [1.807, 2.05) is 0 Å². The summed E-state index contributed by atoms with van der Waals surface area (Å²) in [4.78, 5) is 0. The topological polar surface area (TPSA) is 4.93 Å². The highest BCUT2D eigenvalue weighted by molar-refractivity contribution is 6.21. The fraction of sp³-hybridized carbons (Fsp3) is 0.0286. The number of fused-ring (bicyclic) bond motifs is 11. The van der Waals surface area contributed by atoms with Crippen molar-refractivity contribution in [1.29, 1.82) is 0 Å². The molecule has 1 spiro atoms. The van der Waals surface area contributed by atoms with E-state index in [4.69, 9.17) is 0 Å². The number of rotatable bonds is 0. The minimum absolute atomic E-state index is 0.286. The molecule has 1 aromatic heterocycles. The molecular formula is C35H19N. The predicted molar refractivity (Wildman–Crippen MR) is 148 cm³/mol. The first-order valence-corrected chi connectivity index (χ1v) is 12.7. The van der Waals surface area contributed by atoms with E-state index >= 15 is 0 Å². The minimum Gasteiger partial charge on any atom is -0.308 e. The van der Waals surface area contributed by atoms with Crippen molar-refractivity contribution in [3.63, 3.8) is 0 Å². The van der Waals surface area contributed by atoms with Crippen LogP contribution < -0.4 is 0 Å². The van der Waals surface area contributed by atoms with E-state index < -0.39 is 0 Å². The molecule has 0 saturated heterocycles. The Morgan fingerprint density at radius 2 is 1.08 bits per heavy atom. The number of aromatic nitrogens is 1. The summed E-state index contributed by atoms with van der Waals surface area (Å²) in [6.45, 7) is 0. The Morgan fingerprint density at radius 1 is 0.444 bits per heavy atom. The van der Waals surface area contributed by atoms with Gasteiger partial charge in [0.2, 0.25) is 0 Å². The molecule has 3 aliphatic rings. The Balaban J connectivity index is 1.57. The van der Waals surface area contributed by atoms with Gasteiger partial charge in [-0.1, -0.05) is 103 Å². The van der Waals surface area contributed by atoms with Crippen LogP contribution in [0.5, 0.6) is 0 Å². The molecule has 36 heavy (non-hydrogen) atoms. The molecule has 164 valence electrons. The largest absolute Gasteiger partial charge is 0.308 e. The summed E-state index contributed by atoms with van der Waals surface area (Å²) in [5.41, 5.74) is 14.8. The van der Waals surface area contributed by atoms with Crippen LogP contribution in [0.4, 0.5) is 0 Å². The van der Waals surface area contributed by atoms with E-state index in [1.54, 1.807) is 0 Å². The van der Waals surface area contributed by atoms with E-state index in [-0.39, 0.29) is 5.41 Å². The van der Waals surface area contributed by atoms with Gasteiger partial charge >= 0.3 is 0 Å². The van der Waals surface area contributed by atoms with Gasteiger partial charge in [0, 0.05) is 27.4 Å². The van der Waals surface area contributed by atoms with Gasteiger partial charge in [-0.25, -0.2) is 0 Å². The van der Waals surface area contributed by atoms with Crippen LogP contribution in [0.3, 0.4) is 0 Å². The van der Waals surface area contributed by atoms with Gasteiger partial charge in [0.05, 0.1) is 16.4 Å². The Labute approximate surface area is 207 Å². The Kier molecular flexibility index (Phi) is 2.77. The lowest BCUT2D eigenvalue weighted by Gasteiger charge is -2.30. The molecule has 0 N–H and O–H groups in total. The lowest BCUT2D eigenvalue weighted by atomic mass is 9.70. The van der Waals surface area contributed by atoms with Crippen LogP contribution in [0.25, 0.3) is 60.5 Å². The molecule has 0 saturated carbocycles. The van der Waals surface area contributed by atoms with Gasteiger partial charge in [-0.05, 0) is 56.5 Å². The second kappa shape index (κ2) is 5.61. The summed E-state index contributed by atoms with van der Waals surface area (Å²) < 4.78 is 2.57. The normalized spacial score (nSPS) is 17.6. The van der Waals surface area contributed by atoms with Crippen molar-refractivity contribution in [1.82, 2.24) is 4.57 Å². The highest BCUT2D eigenvalue weighted by atomic mass is 15.0. The molecule has 2 aliphatic carbocycles. The van der Waals surface area contributed by atoms with Crippen LogP contribution in [-0.2, 0) is 5.41 Å². The molecule has 2 bridgehead atoms. The molecule has 1 atom stereocenters. The average molecular weight is 454 g/mol. The van der Waals surface area contributed by atoms with Gasteiger partial charge in [-0.15, -0.1) is 0 Å². The highest BCUT2D eigenvalue weighted by Crippen LogP contribution is 2.65. The lowest BCUT2D eigenvalue weighted by molar-refractivity contribution is 0.803. The van der Waals surface area contributed by atoms with Gasteiger partial charge in [0.1, 0.15) is 0 Å². The van der Waals surface area contributed by atoms with Crippen molar-refractivity contribution in [2.75, 3.05) is 0 Å². The van der Waals surface area contributed by atoms with E-state index in [2.05, 4.69) is 120 Å². The maximum absolute atomic E-state index is 2.57. The Bertz CT molecular complexity index is 2150. The zero-order chi connectivity index (χ0) is 23.2. The van der Waals surface area contributed by atoms with Gasteiger partial charge in [0.25, 0.3) is 0 Å². The molecule has 0 fully saturated rings. The molecule has 1 nitrogen and oxygen atoms in total. The van der Waals surface area contributed by atoms with Crippen molar-refractivity contribution in [2.45, 2.75) is 5.41 Å². The van der Waals surface area contributed by atoms with E-state index in [0.717, 1.165) is 0 Å². The predicted octanol–water partition coefficient (Wildman–Crippen LogP) is 8.59. The molecule has 1 heteroatoms. The first-order valence-electron chi connectivity index (χ1n) is 12.7. The average Bonchev–Trinajstić information content (AvgIpc) is 3.52. The molecule has 0 radical (unpaired) electrons. The third-order valence-corrected chi connectivity index (χ3v) is 9.10. The SMILES string of the molecule is c1ccc2c(c1)-c1ccc3cc1C21c2ccccc2-c2ccc4c5ccc6ccccc6c5n-3c4c21. The Hall–Kier alpha value is -4.62. The molecule has 1 aliphatic heterocycles. The fourth-order valence-electron chi connectivity index (χ4n) is 7.87. The number of nitrogens with zero attached hydrogens (tertiary/aromatic N) is 1. The second-order valence-corrected chi connectivity index (χ2v) is 10.5. The quantitative estimate of drug-likeness (QED) is 0.217. The molecule has 2 heterocycles. The number of hydrogen-bond donors (Lipinski definition) is 0. The standard InChI is InChI=1S/C35H19N/c1-2-8-22-20(7-1)13-15-27-28-18-17-26-24-10-4-6-12-30(24)35-29-11-5-3-9-23(29)25-16-14-21(19-31(25)35)36(33(22)27)34(28)32(26)35/h1-19H. The van der Waals surface area contributed by atoms with Crippen LogP contribution in [0.1, 0.15) is 22.3 Å². The third-order valence-electron chi connectivity index (χ3n) is 9.10. The van der Waals surface area contributed by atoms with Crippen LogP contribution in [0.15, 0.2) is 115 Å². The van der Waals surface area contributed by atoms with Crippen molar-refractivity contribution in [3.8, 4) is 27.9 Å². The van der Waals surface area contributed by atoms with Crippen LogP contribution in [-0.4, -0.2) is 4.57 Å². The van der Waals surface area contributed by atoms with Crippen molar-refractivity contribution >= 4 is 32.6 Å². The summed E-state index contributed by atoms with van der Waals surface area (Å²) >= 11 is 0. The molecule has 7 aromatic rings. The summed E-state index contributed by atoms with van der Waals surface area (Å²) in [7, 11) is 0. The van der Waals surface area contributed by atoms with Crippen LogP contribution in [0.2, 0.25) is 0 Å². The zero-order valence-corrected chi connectivity index (χ0v) is 19.4. The summed E-state index contributed by atoms with van der Waals surface area (Å²) in [5, 5.41) is 5.27. The summed E-state index contributed by atoms with van der Waals surface area (Å²) in [5.74, 6) is 0. The number of hydrogen-bond acceptors (Lipinski definition) is 0. The second-order valence-electron chi connectivity index (χ2n) is 10.5. The van der Waals surface area contributed by atoms with Gasteiger partial charge in [0.15, 0.2) is 0 Å². The third kappa shape index (κ3) is 1.66. The molecular weight excluding hydrogens is 434 g/mol. The first kappa shape index (κ1) is 17.8. The van der Waals surface area contributed by atoms with Crippen LogP contribution in [0, 0.1) is 0 Å². The maximum atomic E-state index is 2.57. The van der Waals surface area contributed by atoms with E-state index in [9.17, 15) is 0 Å². The van der Waals surface area contributed by atoms with E-state index in [1.165, 1.54) is 82.8 Å². The zero-order valence-electron chi connectivity index (χ0n) is 19.4. The van der Waals surface area contributed by atoms with Crippen molar-refractivity contribution < 1.29 is 0 Å². The monoisotopic (exact) mass is 453 g/mol. The highest BCUT2D eigenvalue weighted by Gasteiger charge is 2.54. The molecule has 0 amide bonds. The minimum atomic E-state index is -0.286. The summed E-state index contributed by atoms with van der Waals surface area (Å²) in [6.07, 6.45) is 0. The maximum Gasteiger partial charge on any atom is 0.0747 e. The van der Waals surface area contributed by atoms with E-state index in [0.29, 0.717) is 0 Å². The fourth-order valence-corrected chi connectivity index (χ4v) is 7.87. The Morgan fingerprint density at radius 3 is 1.94 bits per heavy atom. The molecule has 1 unspecified atom stereocenters. The first-order chi connectivity index (χ1) is 17.9. The lowest BCUT2D eigenvalue weighted by Crippen LogP contribution is -2.25.